The summed E-state index contributed by atoms with van der Waals surface area (Å²) in [5.41, 5.74) is 3.17. The summed E-state index contributed by atoms with van der Waals surface area (Å²) in [5.74, 6) is 1.97. The maximum atomic E-state index is 13.1. The number of nitrogens with one attached hydrogen (secondary N) is 1. The number of thiocarbonyl (C=S) groups is 1. The van der Waals surface area contributed by atoms with E-state index in [1.165, 1.54) is 4.90 Å². The lowest BCUT2D eigenvalue weighted by molar-refractivity contribution is -0.113. The molecule has 0 unspecified atom stereocenters. The SMILES string of the molecule is O=C1/C(=C/c2cn(CCOc3ccc4c(c3)OCO4)c3ccccc23)NC(=S)N1c1ccccc1. The molecule has 174 valence electrons. The van der Waals surface area contributed by atoms with E-state index >= 15 is 0 Å². The van der Waals surface area contributed by atoms with Crippen molar-refractivity contribution in [2.75, 3.05) is 18.3 Å². The highest BCUT2D eigenvalue weighted by atomic mass is 32.1. The van der Waals surface area contributed by atoms with Gasteiger partial charge in [-0.05, 0) is 48.6 Å². The molecule has 1 N–H and O–H groups in total. The van der Waals surface area contributed by atoms with E-state index in [0.717, 1.165) is 33.7 Å². The zero-order valence-electron chi connectivity index (χ0n) is 18.6. The average molecular weight is 484 g/mol. The number of nitrogens with zero attached hydrogens (tertiary/aromatic N) is 2. The number of carbonyl (C=O) groups excluding carboxylic acids is 1. The second-order valence-electron chi connectivity index (χ2n) is 8.12. The third-order valence-electron chi connectivity index (χ3n) is 5.96. The Morgan fingerprint density at radius 2 is 1.80 bits per heavy atom. The van der Waals surface area contributed by atoms with Gasteiger partial charge >= 0.3 is 0 Å². The molecule has 0 spiro atoms. The van der Waals surface area contributed by atoms with Crippen molar-refractivity contribution in [3.05, 3.63) is 90.3 Å². The van der Waals surface area contributed by atoms with Crippen LogP contribution in [0.4, 0.5) is 5.69 Å². The van der Waals surface area contributed by atoms with Crippen molar-refractivity contribution in [3.8, 4) is 17.2 Å². The first-order chi connectivity index (χ1) is 17.2. The van der Waals surface area contributed by atoms with Crippen LogP contribution < -0.4 is 24.4 Å². The lowest BCUT2D eigenvalue weighted by Crippen LogP contribution is -2.30. The quantitative estimate of drug-likeness (QED) is 0.317. The lowest BCUT2D eigenvalue weighted by atomic mass is 10.1. The smallest absolute Gasteiger partial charge is 0.281 e. The first kappa shape index (κ1) is 21.2. The summed E-state index contributed by atoms with van der Waals surface area (Å²) < 4.78 is 18.9. The van der Waals surface area contributed by atoms with Crippen molar-refractivity contribution in [3.63, 3.8) is 0 Å². The molecule has 3 heterocycles. The number of benzene rings is 3. The fraction of sp³-hybridized carbons (Fsp3) is 0.111. The first-order valence-corrected chi connectivity index (χ1v) is 11.6. The third-order valence-corrected chi connectivity index (χ3v) is 6.24. The Morgan fingerprint density at radius 1 is 1.00 bits per heavy atom. The van der Waals surface area contributed by atoms with Crippen LogP contribution >= 0.6 is 12.2 Å². The zero-order valence-corrected chi connectivity index (χ0v) is 19.5. The molecule has 7 nitrogen and oxygen atoms in total. The summed E-state index contributed by atoms with van der Waals surface area (Å²) in [4.78, 5) is 14.6. The molecule has 4 aromatic rings. The van der Waals surface area contributed by atoms with Gasteiger partial charge in [0.1, 0.15) is 18.1 Å². The number of ether oxygens (including phenoxy) is 3. The highest BCUT2D eigenvalue weighted by molar-refractivity contribution is 7.80. The molecule has 0 atom stereocenters. The first-order valence-electron chi connectivity index (χ1n) is 11.2. The van der Waals surface area contributed by atoms with Crippen LogP contribution in [0.15, 0.2) is 84.7 Å². The summed E-state index contributed by atoms with van der Waals surface area (Å²) >= 11 is 5.44. The Labute approximate surface area is 207 Å². The van der Waals surface area contributed by atoms with Crippen molar-refractivity contribution in [2.24, 2.45) is 0 Å². The van der Waals surface area contributed by atoms with Gasteiger partial charge < -0.3 is 24.1 Å². The minimum absolute atomic E-state index is 0.177. The molecule has 1 fully saturated rings. The Morgan fingerprint density at radius 3 is 2.69 bits per heavy atom. The number of carbonyl (C=O) groups is 1. The van der Waals surface area contributed by atoms with Crippen LogP contribution in [0.5, 0.6) is 17.2 Å². The molecular weight excluding hydrogens is 462 g/mol. The number of fused-ring (bicyclic) bond motifs is 2. The van der Waals surface area contributed by atoms with Gasteiger partial charge in [0.05, 0.1) is 12.2 Å². The predicted octanol–water partition coefficient (Wildman–Crippen LogP) is 4.71. The van der Waals surface area contributed by atoms with E-state index in [-0.39, 0.29) is 12.7 Å². The van der Waals surface area contributed by atoms with Gasteiger partial charge in [-0.1, -0.05) is 36.4 Å². The highest BCUT2D eigenvalue weighted by Gasteiger charge is 2.32. The Hall–Kier alpha value is -4.30. The molecule has 2 aliphatic rings. The summed E-state index contributed by atoms with van der Waals surface area (Å²) in [6.07, 6.45) is 3.89. The highest BCUT2D eigenvalue weighted by Crippen LogP contribution is 2.35. The van der Waals surface area contributed by atoms with Crippen LogP contribution in [0.1, 0.15) is 5.56 Å². The Bertz CT molecular complexity index is 1480. The van der Waals surface area contributed by atoms with E-state index in [4.69, 9.17) is 26.4 Å². The van der Waals surface area contributed by atoms with Crippen molar-refractivity contribution >= 4 is 45.9 Å². The maximum absolute atomic E-state index is 13.1. The molecule has 2 aliphatic heterocycles. The Kier molecular flexibility index (Phi) is 5.35. The normalized spacial score (nSPS) is 15.8. The van der Waals surface area contributed by atoms with Gasteiger partial charge in [-0.3, -0.25) is 9.69 Å². The predicted molar refractivity (Wildman–Crippen MR) is 138 cm³/mol. The molecule has 1 aromatic heterocycles. The number of hydrogen-bond acceptors (Lipinski definition) is 5. The largest absolute Gasteiger partial charge is 0.492 e. The van der Waals surface area contributed by atoms with E-state index < -0.39 is 0 Å². The monoisotopic (exact) mass is 483 g/mol. The van der Waals surface area contributed by atoms with E-state index in [1.807, 2.05) is 79.0 Å². The van der Waals surface area contributed by atoms with Crippen molar-refractivity contribution < 1.29 is 19.0 Å². The Balaban J connectivity index is 1.23. The minimum atomic E-state index is -0.177. The second kappa shape index (κ2) is 8.81. The molecule has 0 saturated carbocycles. The minimum Gasteiger partial charge on any atom is -0.492 e. The molecule has 6 rings (SSSR count). The van der Waals surface area contributed by atoms with Gasteiger partial charge in [0.15, 0.2) is 16.6 Å². The van der Waals surface area contributed by atoms with E-state index in [0.29, 0.717) is 29.7 Å². The summed E-state index contributed by atoms with van der Waals surface area (Å²) in [6, 6.07) is 23.0. The number of anilines is 1. The number of hydrogen-bond donors (Lipinski definition) is 1. The molecule has 35 heavy (non-hydrogen) atoms. The summed E-state index contributed by atoms with van der Waals surface area (Å²) in [7, 11) is 0. The average Bonchev–Trinajstić information content (AvgIpc) is 3.56. The molecule has 3 aromatic carbocycles. The standard InChI is InChI=1S/C27H21N3O4S/c31-26-22(28-27(35)30(26)19-6-2-1-3-7-19)14-18-16-29(23-9-5-4-8-21(18)23)12-13-32-20-10-11-24-25(15-20)34-17-33-24/h1-11,14-16H,12-13,17H2,(H,28,35)/b22-14-. The molecule has 1 amide bonds. The lowest BCUT2D eigenvalue weighted by Gasteiger charge is -2.13. The van der Waals surface area contributed by atoms with Crippen molar-refractivity contribution in [1.82, 2.24) is 9.88 Å². The van der Waals surface area contributed by atoms with Gasteiger partial charge in [0.2, 0.25) is 6.79 Å². The van der Waals surface area contributed by atoms with Crippen molar-refractivity contribution in [1.29, 1.82) is 0 Å². The van der Waals surface area contributed by atoms with Crippen LogP contribution in [0.25, 0.3) is 17.0 Å². The topological polar surface area (TPSA) is 65.0 Å². The molecule has 1 saturated heterocycles. The summed E-state index contributed by atoms with van der Waals surface area (Å²) in [5, 5.41) is 4.48. The van der Waals surface area contributed by atoms with Crippen LogP contribution in [0.2, 0.25) is 0 Å². The third kappa shape index (κ3) is 3.98. The van der Waals surface area contributed by atoms with Gasteiger partial charge in [0.25, 0.3) is 5.91 Å². The van der Waals surface area contributed by atoms with Gasteiger partial charge in [-0.2, -0.15) is 0 Å². The van der Waals surface area contributed by atoms with Crippen molar-refractivity contribution in [2.45, 2.75) is 6.54 Å². The molecule has 0 aliphatic carbocycles. The van der Waals surface area contributed by atoms with E-state index in [9.17, 15) is 4.79 Å². The number of para-hydroxylation sites is 2. The van der Waals surface area contributed by atoms with Crippen LogP contribution in [-0.4, -0.2) is 29.0 Å². The van der Waals surface area contributed by atoms with E-state index in [1.54, 1.807) is 0 Å². The second-order valence-corrected chi connectivity index (χ2v) is 8.51. The maximum Gasteiger partial charge on any atom is 0.281 e. The van der Waals surface area contributed by atoms with Crippen LogP contribution in [0.3, 0.4) is 0 Å². The summed E-state index contributed by atoms with van der Waals surface area (Å²) in [6.45, 7) is 1.34. The fourth-order valence-corrected chi connectivity index (χ4v) is 4.60. The molecular formula is C27H21N3O4S. The molecule has 0 radical (unpaired) electrons. The number of amides is 1. The van der Waals surface area contributed by atoms with Gasteiger partial charge in [-0.15, -0.1) is 0 Å². The molecule has 8 heteroatoms. The number of rotatable bonds is 6. The fourth-order valence-electron chi connectivity index (χ4n) is 4.31. The zero-order chi connectivity index (χ0) is 23.8. The van der Waals surface area contributed by atoms with Gasteiger partial charge in [-0.25, -0.2) is 0 Å². The molecule has 0 bridgehead atoms. The number of aromatic nitrogens is 1. The van der Waals surface area contributed by atoms with E-state index in [2.05, 4.69) is 16.0 Å². The van der Waals surface area contributed by atoms with Crippen LogP contribution in [0, 0.1) is 0 Å². The van der Waals surface area contributed by atoms with Gasteiger partial charge in [0, 0.05) is 28.7 Å². The van der Waals surface area contributed by atoms with Crippen LogP contribution in [-0.2, 0) is 11.3 Å².